The summed E-state index contributed by atoms with van der Waals surface area (Å²) in [4.78, 5) is 9.08. The van der Waals surface area contributed by atoms with Gasteiger partial charge < -0.3 is 4.74 Å². The highest BCUT2D eigenvalue weighted by molar-refractivity contribution is 5.12. The number of aromatic amines is 1. The SMILES string of the molecule is Cc1cc(CN2CC3(CC(COCc4ccncc4)CN3C)C2)n[nH]1. The number of nitrogens with zero attached hydrogens (tertiary/aromatic N) is 4. The predicted octanol–water partition coefficient (Wildman–Crippen LogP) is 1.84. The topological polar surface area (TPSA) is 57.3 Å². The second kappa shape index (κ2) is 6.86. The zero-order valence-electron chi connectivity index (χ0n) is 15.1. The zero-order valence-corrected chi connectivity index (χ0v) is 15.1. The predicted molar refractivity (Wildman–Crippen MR) is 96.0 cm³/mol. The van der Waals surface area contributed by atoms with Crippen LogP contribution in [0.5, 0.6) is 0 Å². The van der Waals surface area contributed by atoms with Gasteiger partial charge in [0.15, 0.2) is 0 Å². The summed E-state index contributed by atoms with van der Waals surface area (Å²) in [5.41, 5.74) is 3.82. The van der Waals surface area contributed by atoms with Crippen LogP contribution >= 0.6 is 0 Å². The Hall–Kier alpha value is -1.76. The summed E-state index contributed by atoms with van der Waals surface area (Å²) in [5, 5.41) is 7.38. The lowest BCUT2D eigenvalue weighted by Crippen LogP contribution is -2.66. The van der Waals surface area contributed by atoms with E-state index in [-0.39, 0.29) is 0 Å². The van der Waals surface area contributed by atoms with Crippen molar-refractivity contribution in [2.24, 2.45) is 5.92 Å². The third-order valence-corrected chi connectivity index (χ3v) is 5.56. The van der Waals surface area contributed by atoms with Crippen LogP contribution in [0.1, 0.15) is 23.4 Å². The van der Waals surface area contributed by atoms with Crippen molar-refractivity contribution in [2.75, 3.05) is 33.3 Å². The van der Waals surface area contributed by atoms with Crippen LogP contribution < -0.4 is 0 Å². The number of nitrogens with one attached hydrogen (secondary N) is 1. The summed E-state index contributed by atoms with van der Waals surface area (Å²) in [6, 6.07) is 6.17. The van der Waals surface area contributed by atoms with Gasteiger partial charge in [0.2, 0.25) is 0 Å². The Bertz CT molecular complexity index is 695. The lowest BCUT2D eigenvalue weighted by atomic mass is 9.84. The number of hydrogen-bond acceptors (Lipinski definition) is 5. The standard InChI is InChI=1S/C19H27N5O/c1-15-7-18(22-21-15)10-24-13-19(14-24)8-17(9-23(19)2)12-25-11-16-3-5-20-6-4-16/h3-7,17H,8-14H2,1-2H3,(H,21,22). The molecule has 2 saturated heterocycles. The number of hydrogen-bond donors (Lipinski definition) is 1. The monoisotopic (exact) mass is 341 g/mol. The van der Waals surface area contributed by atoms with E-state index < -0.39 is 0 Å². The summed E-state index contributed by atoms with van der Waals surface area (Å²) in [5.74, 6) is 0.626. The molecular weight excluding hydrogens is 314 g/mol. The molecule has 6 nitrogen and oxygen atoms in total. The summed E-state index contributed by atoms with van der Waals surface area (Å²) < 4.78 is 5.96. The lowest BCUT2D eigenvalue weighted by molar-refractivity contribution is -0.0233. The number of ether oxygens (including phenoxy) is 1. The molecule has 2 aliphatic rings. The Morgan fingerprint density at radius 2 is 2.12 bits per heavy atom. The second-order valence-electron chi connectivity index (χ2n) is 7.73. The second-order valence-corrected chi connectivity index (χ2v) is 7.73. The molecule has 1 N–H and O–H groups in total. The fourth-order valence-corrected chi connectivity index (χ4v) is 4.33. The van der Waals surface area contributed by atoms with Gasteiger partial charge in [0, 0.05) is 49.8 Å². The van der Waals surface area contributed by atoms with Gasteiger partial charge in [0.25, 0.3) is 0 Å². The number of aryl methyl sites for hydroxylation is 1. The molecule has 2 aromatic heterocycles. The third-order valence-electron chi connectivity index (χ3n) is 5.56. The molecule has 2 aliphatic heterocycles. The smallest absolute Gasteiger partial charge is 0.0765 e. The quantitative estimate of drug-likeness (QED) is 0.869. The van der Waals surface area contributed by atoms with Crippen molar-refractivity contribution in [1.82, 2.24) is 25.0 Å². The molecule has 0 amide bonds. The van der Waals surface area contributed by atoms with Crippen LogP contribution in [0.25, 0.3) is 0 Å². The van der Waals surface area contributed by atoms with E-state index in [9.17, 15) is 0 Å². The highest BCUT2D eigenvalue weighted by Gasteiger charge is 2.51. The fourth-order valence-electron chi connectivity index (χ4n) is 4.33. The number of H-pyrrole nitrogens is 1. The van der Waals surface area contributed by atoms with Crippen molar-refractivity contribution >= 4 is 0 Å². The first kappa shape index (κ1) is 16.7. The van der Waals surface area contributed by atoms with Crippen LogP contribution in [-0.4, -0.2) is 63.8 Å². The molecule has 1 unspecified atom stereocenters. The van der Waals surface area contributed by atoms with Gasteiger partial charge >= 0.3 is 0 Å². The molecule has 1 spiro atoms. The van der Waals surface area contributed by atoms with Gasteiger partial charge in [-0.15, -0.1) is 0 Å². The van der Waals surface area contributed by atoms with Gasteiger partial charge in [0.1, 0.15) is 0 Å². The number of likely N-dealkylation sites (tertiary alicyclic amines) is 2. The molecule has 0 saturated carbocycles. The molecule has 0 aromatic carbocycles. The Kier molecular flexibility index (Phi) is 4.58. The van der Waals surface area contributed by atoms with Gasteiger partial charge in [-0.25, -0.2) is 0 Å². The van der Waals surface area contributed by atoms with Crippen LogP contribution in [0, 0.1) is 12.8 Å². The average molecular weight is 341 g/mol. The first-order valence-corrected chi connectivity index (χ1v) is 9.04. The van der Waals surface area contributed by atoms with Crippen LogP contribution in [-0.2, 0) is 17.9 Å². The molecule has 134 valence electrons. The highest BCUT2D eigenvalue weighted by Crippen LogP contribution is 2.39. The van der Waals surface area contributed by atoms with Crippen LogP contribution in [0.3, 0.4) is 0 Å². The number of aromatic nitrogens is 3. The van der Waals surface area contributed by atoms with E-state index in [2.05, 4.69) is 45.0 Å². The first-order valence-electron chi connectivity index (χ1n) is 9.04. The third kappa shape index (κ3) is 3.61. The summed E-state index contributed by atoms with van der Waals surface area (Å²) in [7, 11) is 2.26. The Morgan fingerprint density at radius 3 is 2.84 bits per heavy atom. The van der Waals surface area contributed by atoms with E-state index in [4.69, 9.17) is 4.74 Å². The molecule has 25 heavy (non-hydrogen) atoms. The van der Waals surface area contributed by atoms with Crippen molar-refractivity contribution in [3.63, 3.8) is 0 Å². The van der Waals surface area contributed by atoms with E-state index in [1.165, 1.54) is 12.0 Å². The highest BCUT2D eigenvalue weighted by atomic mass is 16.5. The lowest BCUT2D eigenvalue weighted by Gasteiger charge is -2.52. The maximum absolute atomic E-state index is 5.96. The number of likely N-dealkylation sites (N-methyl/N-ethyl adjacent to an activating group) is 1. The molecule has 4 rings (SSSR count). The van der Waals surface area contributed by atoms with Crippen LogP contribution in [0.4, 0.5) is 0 Å². The van der Waals surface area contributed by atoms with Gasteiger partial charge in [0.05, 0.1) is 18.9 Å². The zero-order chi connectivity index (χ0) is 17.3. The molecule has 1 atom stereocenters. The summed E-state index contributed by atoms with van der Waals surface area (Å²) in [6.07, 6.45) is 4.87. The number of pyridine rings is 1. The largest absolute Gasteiger partial charge is 0.376 e. The maximum Gasteiger partial charge on any atom is 0.0765 e. The van der Waals surface area contributed by atoms with Crippen LogP contribution in [0.2, 0.25) is 0 Å². The summed E-state index contributed by atoms with van der Waals surface area (Å²) in [6.45, 7) is 7.92. The minimum Gasteiger partial charge on any atom is -0.376 e. The maximum atomic E-state index is 5.96. The molecule has 0 bridgehead atoms. The van der Waals surface area contributed by atoms with E-state index >= 15 is 0 Å². The molecule has 4 heterocycles. The molecular formula is C19H27N5O. The Labute approximate surface area is 149 Å². The van der Waals surface area contributed by atoms with Crippen molar-refractivity contribution in [2.45, 2.75) is 32.0 Å². The molecule has 2 fully saturated rings. The van der Waals surface area contributed by atoms with Crippen molar-refractivity contribution in [1.29, 1.82) is 0 Å². The van der Waals surface area contributed by atoms with Gasteiger partial charge in [-0.05, 0) is 50.1 Å². The molecule has 0 radical (unpaired) electrons. The van der Waals surface area contributed by atoms with E-state index in [0.29, 0.717) is 18.1 Å². The normalized spacial score (nSPS) is 23.2. The van der Waals surface area contributed by atoms with E-state index in [0.717, 1.165) is 44.2 Å². The first-order chi connectivity index (χ1) is 12.1. The Balaban J connectivity index is 1.23. The van der Waals surface area contributed by atoms with Crippen molar-refractivity contribution < 1.29 is 4.74 Å². The van der Waals surface area contributed by atoms with Crippen molar-refractivity contribution in [3.8, 4) is 0 Å². The van der Waals surface area contributed by atoms with Crippen molar-refractivity contribution in [3.05, 3.63) is 47.5 Å². The molecule has 6 heteroatoms. The Morgan fingerprint density at radius 1 is 1.32 bits per heavy atom. The minimum absolute atomic E-state index is 0.343. The van der Waals surface area contributed by atoms with Gasteiger partial charge in [-0.3, -0.25) is 19.9 Å². The molecule has 2 aromatic rings. The van der Waals surface area contributed by atoms with Gasteiger partial charge in [-0.1, -0.05) is 0 Å². The fraction of sp³-hybridized carbons (Fsp3) is 0.579. The van der Waals surface area contributed by atoms with E-state index in [1.54, 1.807) is 0 Å². The minimum atomic E-state index is 0.343. The number of rotatable bonds is 6. The van der Waals surface area contributed by atoms with Gasteiger partial charge in [-0.2, -0.15) is 5.10 Å². The van der Waals surface area contributed by atoms with E-state index in [1.807, 2.05) is 24.5 Å². The average Bonchev–Trinajstić information content (AvgIpc) is 3.12. The molecule has 0 aliphatic carbocycles. The summed E-state index contributed by atoms with van der Waals surface area (Å²) >= 11 is 0. The van der Waals surface area contributed by atoms with Crippen LogP contribution in [0.15, 0.2) is 30.6 Å².